The van der Waals surface area contributed by atoms with Gasteiger partial charge in [0.25, 0.3) is 5.91 Å². The van der Waals surface area contributed by atoms with Gasteiger partial charge in [0.15, 0.2) is 0 Å². The predicted octanol–water partition coefficient (Wildman–Crippen LogP) is 5.01. The topological polar surface area (TPSA) is 46.4 Å². The zero-order valence-corrected chi connectivity index (χ0v) is 15.0. The second-order valence-corrected chi connectivity index (χ2v) is 6.57. The first kappa shape index (κ1) is 17.0. The largest absolute Gasteiger partial charge is 0.306 e. The number of benzene rings is 2. The van der Waals surface area contributed by atoms with Crippen molar-refractivity contribution in [1.29, 1.82) is 0 Å². The second kappa shape index (κ2) is 6.68. The average Bonchev–Trinajstić information content (AvgIpc) is 3.00. The Hall–Kier alpha value is -3.47. The Morgan fingerprint density at radius 1 is 0.926 bits per heavy atom. The third-order valence-corrected chi connectivity index (χ3v) is 4.43. The van der Waals surface area contributed by atoms with Crippen molar-refractivity contribution in [2.45, 2.75) is 13.8 Å². The lowest BCUT2D eigenvalue weighted by atomic mass is 10.1. The first-order valence-electron chi connectivity index (χ1n) is 8.64. The maximum atomic E-state index is 13.2. The minimum atomic E-state index is -0.377. The standard InChI is InChI=1S/C22H18FN3O/c1-14-3-6-16(7-4-14)20-21(26-13-15(2)5-12-19(26)24-20)25-22(27)17-8-10-18(23)11-9-17/h3-13H,1-2H3,(H,25,27). The molecule has 2 aromatic carbocycles. The van der Waals surface area contributed by atoms with Crippen molar-refractivity contribution in [3.05, 3.63) is 89.4 Å². The van der Waals surface area contributed by atoms with E-state index >= 15 is 0 Å². The molecule has 5 heteroatoms. The molecule has 0 saturated carbocycles. The summed E-state index contributed by atoms with van der Waals surface area (Å²) >= 11 is 0. The molecule has 0 unspecified atom stereocenters. The van der Waals surface area contributed by atoms with Gasteiger partial charge in [-0.15, -0.1) is 0 Å². The molecule has 0 bridgehead atoms. The molecule has 0 aliphatic heterocycles. The molecule has 2 heterocycles. The van der Waals surface area contributed by atoms with Gasteiger partial charge in [0, 0.05) is 17.3 Å². The number of nitrogens with one attached hydrogen (secondary N) is 1. The summed E-state index contributed by atoms with van der Waals surface area (Å²) in [5.74, 6) is -0.101. The lowest BCUT2D eigenvalue weighted by molar-refractivity contribution is 0.102. The number of carbonyl (C=O) groups excluding carboxylic acids is 1. The Morgan fingerprint density at radius 3 is 2.30 bits per heavy atom. The third-order valence-electron chi connectivity index (χ3n) is 4.43. The molecule has 0 radical (unpaired) electrons. The van der Waals surface area contributed by atoms with Gasteiger partial charge in [-0.2, -0.15) is 0 Å². The van der Waals surface area contributed by atoms with Gasteiger partial charge < -0.3 is 5.32 Å². The highest BCUT2D eigenvalue weighted by atomic mass is 19.1. The number of hydrogen-bond donors (Lipinski definition) is 1. The summed E-state index contributed by atoms with van der Waals surface area (Å²) in [6.45, 7) is 4.00. The Bertz CT molecular complexity index is 1130. The fourth-order valence-corrected chi connectivity index (χ4v) is 2.96. The number of pyridine rings is 1. The molecule has 0 aliphatic rings. The molecule has 0 saturated heterocycles. The highest BCUT2D eigenvalue weighted by Crippen LogP contribution is 2.29. The smallest absolute Gasteiger partial charge is 0.256 e. The summed E-state index contributed by atoms with van der Waals surface area (Å²) in [5.41, 5.74) is 4.93. The maximum absolute atomic E-state index is 13.2. The van der Waals surface area contributed by atoms with Gasteiger partial charge in [0.05, 0.1) is 0 Å². The molecular formula is C22H18FN3O. The lowest BCUT2D eigenvalue weighted by Crippen LogP contribution is -2.14. The molecule has 0 fully saturated rings. The predicted molar refractivity (Wildman–Crippen MR) is 104 cm³/mol. The number of aromatic nitrogens is 2. The van der Waals surface area contributed by atoms with Crippen molar-refractivity contribution in [2.24, 2.45) is 0 Å². The molecule has 134 valence electrons. The van der Waals surface area contributed by atoms with E-state index < -0.39 is 0 Å². The summed E-state index contributed by atoms with van der Waals surface area (Å²) in [6.07, 6.45) is 1.93. The quantitative estimate of drug-likeness (QED) is 0.559. The fraction of sp³-hybridized carbons (Fsp3) is 0.0909. The van der Waals surface area contributed by atoms with Crippen LogP contribution in [0, 0.1) is 19.7 Å². The van der Waals surface area contributed by atoms with Crippen LogP contribution < -0.4 is 5.32 Å². The monoisotopic (exact) mass is 359 g/mol. The third kappa shape index (κ3) is 3.31. The number of carbonyl (C=O) groups is 1. The molecule has 1 N–H and O–H groups in total. The van der Waals surface area contributed by atoms with Gasteiger partial charge in [-0.25, -0.2) is 9.37 Å². The molecule has 0 spiro atoms. The van der Waals surface area contributed by atoms with Gasteiger partial charge >= 0.3 is 0 Å². The summed E-state index contributed by atoms with van der Waals surface area (Å²) in [6, 6.07) is 17.4. The van der Waals surface area contributed by atoms with Gasteiger partial charge in [-0.05, 0) is 49.7 Å². The zero-order valence-electron chi connectivity index (χ0n) is 15.0. The van der Waals surface area contributed by atoms with E-state index in [9.17, 15) is 9.18 Å². The number of fused-ring (bicyclic) bond motifs is 1. The van der Waals surface area contributed by atoms with Crippen LogP contribution >= 0.6 is 0 Å². The SMILES string of the molecule is Cc1ccc(-c2nc3ccc(C)cn3c2NC(=O)c2ccc(F)cc2)cc1. The van der Waals surface area contributed by atoms with Gasteiger partial charge in [0.1, 0.15) is 23.0 Å². The van der Waals surface area contributed by atoms with Gasteiger partial charge in [-0.1, -0.05) is 35.9 Å². The number of anilines is 1. The van der Waals surface area contributed by atoms with Crippen molar-refractivity contribution in [1.82, 2.24) is 9.38 Å². The lowest BCUT2D eigenvalue weighted by Gasteiger charge is -2.09. The van der Waals surface area contributed by atoms with E-state index in [1.54, 1.807) is 0 Å². The van der Waals surface area contributed by atoms with Crippen LogP contribution in [0.2, 0.25) is 0 Å². The Morgan fingerprint density at radius 2 is 1.59 bits per heavy atom. The van der Waals surface area contributed by atoms with Crippen molar-refractivity contribution in [3.63, 3.8) is 0 Å². The summed E-state index contributed by atoms with van der Waals surface area (Å²) in [7, 11) is 0. The molecule has 1 amide bonds. The van der Waals surface area contributed by atoms with Crippen molar-refractivity contribution < 1.29 is 9.18 Å². The number of imidazole rings is 1. The van der Waals surface area contributed by atoms with E-state index in [2.05, 4.69) is 5.32 Å². The first-order chi connectivity index (χ1) is 13.0. The van der Waals surface area contributed by atoms with Crippen molar-refractivity contribution >= 4 is 17.4 Å². The molecule has 2 aromatic heterocycles. The number of aryl methyl sites for hydroxylation is 2. The molecule has 4 rings (SSSR count). The number of nitrogens with zero attached hydrogens (tertiary/aromatic N) is 2. The number of amides is 1. The van der Waals surface area contributed by atoms with Crippen LogP contribution in [0.3, 0.4) is 0 Å². The molecule has 0 aliphatic carbocycles. The molecule has 0 atom stereocenters. The molecular weight excluding hydrogens is 341 g/mol. The Balaban J connectivity index is 1.82. The number of rotatable bonds is 3. The number of halogens is 1. The van der Waals surface area contributed by atoms with E-state index in [0.29, 0.717) is 17.1 Å². The highest BCUT2D eigenvalue weighted by Gasteiger charge is 2.17. The molecule has 27 heavy (non-hydrogen) atoms. The summed E-state index contributed by atoms with van der Waals surface area (Å²) in [4.78, 5) is 17.4. The second-order valence-electron chi connectivity index (χ2n) is 6.57. The minimum Gasteiger partial charge on any atom is -0.306 e. The molecule has 4 aromatic rings. The van der Waals surface area contributed by atoms with Crippen LogP contribution in [0.1, 0.15) is 21.5 Å². The Kier molecular flexibility index (Phi) is 4.20. The Labute approximate surface area is 156 Å². The van der Waals surface area contributed by atoms with E-state index in [4.69, 9.17) is 4.98 Å². The van der Waals surface area contributed by atoms with Gasteiger partial charge in [0.2, 0.25) is 0 Å². The first-order valence-corrected chi connectivity index (χ1v) is 8.64. The van der Waals surface area contributed by atoms with E-state index in [0.717, 1.165) is 22.3 Å². The minimum absolute atomic E-state index is 0.313. The van der Waals surface area contributed by atoms with E-state index in [1.165, 1.54) is 24.3 Å². The van der Waals surface area contributed by atoms with E-state index in [1.807, 2.05) is 60.8 Å². The van der Waals surface area contributed by atoms with Crippen molar-refractivity contribution in [3.8, 4) is 11.3 Å². The fourth-order valence-electron chi connectivity index (χ4n) is 2.96. The van der Waals surface area contributed by atoms with Crippen molar-refractivity contribution in [2.75, 3.05) is 5.32 Å². The van der Waals surface area contributed by atoms with Crippen LogP contribution in [0.4, 0.5) is 10.2 Å². The zero-order chi connectivity index (χ0) is 19.0. The van der Waals surface area contributed by atoms with Crippen LogP contribution in [0.5, 0.6) is 0 Å². The van der Waals surface area contributed by atoms with E-state index in [-0.39, 0.29) is 11.7 Å². The van der Waals surface area contributed by atoms with Gasteiger partial charge in [-0.3, -0.25) is 9.20 Å². The number of hydrogen-bond acceptors (Lipinski definition) is 2. The average molecular weight is 359 g/mol. The van der Waals surface area contributed by atoms with Crippen LogP contribution in [-0.2, 0) is 0 Å². The maximum Gasteiger partial charge on any atom is 0.256 e. The molecule has 4 nitrogen and oxygen atoms in total. The highest BCUT2D eigenvalue weighted by molar-refractivity contribution is 6.05. The van der Waals surface area contributed by atoms with Crippen LogP contribution in [0.15, 0.2) is 66.9 Å². The van der Waals surface area contributed by atoms with Crippen LogP contribution in [-0.4, -0.2) is 15.3 Å². The van der Waals surface area contributed by atoms with Crippen LogP contribution in [0.25, 0.3) is 16.9 Å². The summed E-state index contributed by atoms with van der Waals surface area (Å²) < 4.78 is 15.0. The normalized spacial score (nSPS) is 10.9. The summed E-state index contributed by atoms with van der Waals surface area (Å²) in [5, 5.41) is 2.95.